The Hall–Kier alpha value is -2.13. The molecule has 1 heterocycles. The molecule has 0 radical (unpaired) electrons. The molecule has 2 aromatic carbocycles. The molecular weight excluding hydrogens is 298 g/mol. The molecule has 3 nitrogen and oxygen atoms in total. The van der Waals surface area contributed by atoms with Crippen molar-refractivity contribution >= 4 is 5.97 Å². The summed E-state index contributed by atoms with van der Waals surface area (Å²) in [6.07, 6.45) is 2.14. The second kappa shape index (κ2) is 8.11. The molecule has 3 heteroatoms. The molecule has 24 heavy (non-hydrogen) atoms. The topological polar surface area (TPSA) is 30.7 Å². The van der Waals surface area contributed by atoms with Crippen molar-refractivity contribution in [3.63, 3.8) is 0 Å². The quantitative estimate of drug-likeness (QED) is 0.857. The fourth-order valence-electron chi connectivity index (χ4n) is 3.52. The van der Waals surface area contributed by atoms with Crippen LogP contribution in [-0.4, -0.2) is 31.7 Å². The van der Waals surface area contributed by atoms with Gasteiger partial charge in [-0.05, 0) is 24.5 Å². The largest absolute Gasteiger partial charge is 0.456 e. The summed E-state index contributed by atoms with van der Waals surface area (Å²) in [5.74, 6) is -0.478. The van der Waals surface area contributed by atoms with Crippen molar-refractivity contribution in [2.24, 2.45) is 0 Å². The minimum absolute atomic E-state index is 0.0381. The van der Waals surface area contributed by atoms with Crippen molar-refractivity contribution in [3.05, 3.63) is 71.8 Å². The van der Waals surface area contributed by atoms with Crippen LogP contribution in [0.25, 0.3) is 0 Å². The molecule has 1 aliphatic heterocycles. The highest BCUT2D eigenvalue weighted by Gasteiger charge is 2.30. The van der Waals surface area contributed by atoms with Gasteiger partial charge in [0.1, 0.15) is 12.5 Å². The van der Waals surface area contributed by atoms with Crippen LogP contribution < -0.4 is 4.90 Å². The maximum absolute atomic E-state index is 13.0. The normalized spacial score (nSPS) is 20.8. The van der Waals surface area contributed by atoms with Gasteiger partial charge in [-0.15, -0.1) is 0 Å². The minimum Gasteiger partial charge on any atom is -0.456 e. The first-order chi connectivity index (χ1) is 11.8. The van der Waals surface area contributed by atoms with E-state index < -0.39 is 0 Å². The Morgan fingerprint density at radius 1 is 1.08 bits per heavy atom. The standard InChI is InChI=1S/C21H25NO2/c1-2-22-15-9-14-19(16-22)24-21(23)20(17-10-5-3-6-11-17)18-12-7-4-8-13-18/h3-8,10-13,19-20H,2,9,14-16H2,1H3/p+1/t19-/m1/s1. The Kier molecular flexibility index (Phi) is 5.65. The Bertz CT molecular complexity index is 602. The minimum atomic E-state index is -0.348. The number of piperidine rings is 1. The fraction of sp³-hybridized carbons (Fsp3) is 0.381. The fourth-order valence-corrected chi connectivity index (χ4v) is 3.52. The van der Waals surface area contributed by atoms with Gasteiger partial charge in [-0.2, -0.15) is 0 Å². The van der Waals surface area contributed by atoms with Crippen molar-refractivity contribution in [2.45, 2.75) is 31.8 Å². The molecule has 1 N–H and O–H groups in total. The van der Waals surface area contributed by atoms with E-state index in [9.17, 15) is 4.79 Å². The SMILES string of the molecule is CC[NH+]1CCC[C@@H](OC(=O)C(c2ccccc2)c2ccccc2)C1. The number of hydrogen-bond donors (Lipinski definition) is 1. The van der Waals surface area contributed by atoms with Crippen LogP contribution in [0.15, 0.2) is 60.7 Å². The van der Waals surface area contributed by atoms with Gasteiger partial charge in [0, 0.05) is 6.42 Å². The molecule has 1 unspecified atom stereocenters. The van der Waals surface area contributed by atoms with Gasteiger partial charge in [0.25, 0.3) is 0 Å². The summed E-state index contributed by atoms with van der Waals surface area (Å²) in [6.45, 7) is 5.40. The molecule has 1 saturated heterocycles. The number of benzene rings is 2. The van der Waals surface area contributed by atoms with Crippen LogP contribution in [0.5, 0.6) is 0 Å². The van der Waals surface area contributed by atoms with E-state index >= 15 is 0 Å². The number of esters is 1. The van der Waals surface area contributed by atoms with E-state index in [-0.39, 0.29) is 18.0 Å². The van der Waals surface area contributed by atoms with E-state index in [2.05, 4.69) is 6.92 Å². The summed E-state index contributed by atoms with van der Waals surface area (Å²) in [4.78, 5) is 14.5. The lowest BCUT2D eigenvalue weighted by atomic mass is 9.91. The van der Waals surface area contributed by atoms with E-state index in [0.717, 1.165) is 37.1 Å². The van der Waals surface area contributed by atoms with E-state index in [1.54, 1.807) is 0 Å². The van der Waals surface area contributed by atoms with Gasteiger partial charge in [-0.1, -0.05) is 60.7 Å². The second-order valence-electron chi connectivity index (χ2n) is 6.51. The number of likely N-dealkylation sites (tertiary alicyclic amines) is 1. The van der Waals surface area contributed by atoms with Crippen molar-refractivity contribution in [2.75, 3.05) is 19.6 Å². The van der Waals surface area contributed by atoms with E-state index in [1.165, 1.54) is 11.4 Å². The van der Waals surface area contributed by atoms with Crippen molar-refractivity contribution in [1.82, 2.24) is 0 Å². The lowest BCUT2D eigenvalue weighted by Gasteiger charge is -2.30. The Morgan fingerprint density at radius 2 is 1.67 bits per heavy atom. The van der Waals surface area contributed by atoms with Gasteiger partial charge in [0.05, 0.1) is 13.1 Å². The van der Waals surface area contributed by atoms with Crippen LogP contribution >= 0.6 is 0 Å². The van der Waals surface area contributed by atoms with Gasteiger partial charge in [-0.3, -0.25) is 4.79 Å². The number of nitrogens with one attached hydrogen (secondary N) is 1. The summed E-state index contributed by atoms with van der Waals surface area (Å²) in [6, 6.07) is 19.9. The van der Waals surface area contributed by atoms with Crippen LogP contribution in [0.1, 0.15) is 36.8 Å². The summed E-state index contributed by atoms with van der Waals surface area (Å²) in [7, 11) is 0. The van der Waals surface area contributed by atoms with Crippen LogP contribution in [0.3, 0.4) is 0 Å². The zero-order valence-electron chi connectivity index (χ0n) is 14.3. The summed E-state index contributed by atoms with van der Waals surface area (Å²) in [5, 5.41) is 0. The number of carbonyl (C=O) groups excluding carboxylic acids is 1. The van der Waals surface area contributed by atoms with E-state index in [0.29, 0.717) is 0 Å². The highest BCUT2D eigenvalue weighted by atomic mass is 16.5. The monoisotopic (exact) mass is 324 g/mol. The average molecular weight is 324 g/mol. The summed E-state index contributed by atoms with van der Waals surface area (Å²) < 4.78 is 5.93. The number of likely N-dealkylation sites (N-methyl/N-ethyl adjacent to an activating group) is 1. The molecule has 1 fully saturated rings. The van der Waals surface area contributed by atoms with Crippen LogP contribution in [0.2, 0.25) is 0 Å². The third kappa shape index (κ3) is 4.04. The van der Waals surface area contributed by atoms with Gasteiger partial charge in [0.2, 0.25) is 0 Å². The van der Waals surface area contributed by atoms with Crippen molar-refractivity contribution < 1.29 is 14.4 Å². The maximum atomic E-state index is 13.0. The molecule has 0 spiro atoms. The van der Waals surface area contributed by atoms with Crippen molar-refractivity contribution in [3.8, 4) is 0 Å². The molecule has 1 aliphatic rings. The van der Waals surface area contributed by atoms with E-state index in [1.807, 2.05) is 60.7 Å². The Morgan fingerprint density at radius 3 is 2.21 bits per heavy atom. The average Bonchev–Trinajstić information content (AvgIpc) is 2.64. The zero-order chi connectivity index (χ0) is 16.8. The number of quaternary nitrogens is 1. The van der Waals surface area contributed by atoms with Gasteiger partial charge < -0.3 is 9.64 Å². The van der Waals surface area contributed by atoms with Gasteiger partial charge in [-0.25, -0.2) is 0 Å². The Balaban J connectivity index is 1.79. The highest BCUT2D eigenvalue weighted by molar-refractivity contribution is 5.82. The van der Waals surface area contributed by atoms with E-state index in [4.69, 9.17) is 4.74 Å². The molecule has 0 bridgehead atoms. The number of ether oxygens (including phenoxy) is 1. The number of carbonyl (C=O) groups is 1. The Labute approximate surface area is 144 Å². The number of hydrogen-bond acceptors (Lipinski definition) is 2. The van der Waals surface area contributed by atoms with Gasteiger partial charge in [0.15, 0.2) is 6.10 Å². The molecule has 2 aromatic rings. The highest BCUT2D eigenvalue weighted by Crippen LogP contribution is 2.26. The molecule has 0 aliphatic carbocycles. The predicted octanol–water partition coefficient (Wildman–Crippen LogP) is 2.43. The van der Waals surface area contributed by atoms with Crippen molar-refractivity contribution in [1.29, 1.82) is 0 Å². The second-order valence-corrected chi connectivity index (χ2v) is 6.51. The van der Waals surface area contributed by atoms with Crippen LogP contribution in [0, 0.1) is 0 Å². The third-order valence-electron chi connectivity index (χ3n) is 4.86. The first-order valence-electron chi connectivity index (χ1n) is 8.92. The van der Waals surface area contributed by atoms with Crippen LogP contribution in [-0.2, 0) is 9.53 Å². The molecule has 126 valence electrons. The lowest BCUT2D eigenvalue weighted by molar-refractivity contribution is -0.906. The molecule has 0 amide bonds. The van der Waals surface area contributed by atoms with Crippen LogP contribution in [0.4, 0.5) is 0 Å². The number of rotatable bonds is 5. The first-order valence-corrected chi connectivity index (χ1v) is 8.92. The lowest BCUT2D eigenvalue weighted by Crippen LogP contribution is -3.13. The first kappa shape index (κ1) is 16.7. The third-order valence-corrected chi connectivity index (χ3v) is 4.86. The molecule has 3 rings (SSSR count). The molecule has 0 saturated carbocycles. The summed E-state index contributed by atoms with van der Waals surface area (Å²) >= 11 is 0. The molecule has 0 aromatic heterocycles. The summed E-state index contributed by atoms with van der Waals surface area (Å²) in [5.41, 5.74) is 1.98. The van der Waals surface area contributed by atoms with Gasteiger partial charge >= 0.3 is 5.97 Å². The smallest absolute Gasteiger partial charge is 0.318 e. The zero-order valence-corrected chi connectivity index (χ0v) is 14.3. The maximum Gasteiger partial charge on any atom is 0.318 e. The molecule has 2 atom stereocenters. The predicted molar refractivity (Wildman–Crippen MR) is 95.1 cm³/mol. The molecular formula is C21H26NO2+.